The van der Waals surface area contributed by atoms with Gasteiger partial charge in [-0.1, -0.05) is 0 Å². The predicted molar refractivity (Wildman–Crippen MR) is 110 cm³/mol. The van der Waals surface area contributed by atoms with Crippen LogP contribution in [0.1, 0.15) is 28.8 Å². The van der Waals surface area contributed by atoms with Gasteiger partial charge in [0.15, 0.2) is 0 Å². The van der Waals surface area contributed by atoms with Crippen molar-refractivity contribution in [2.24, 2.45) is 0 Å². The molecule has 0 saturated carbocycles. The molecule has 0 bridgehead atoms. The van der Waals surface area contributed by atoms with E-state index in [4.69, 9.17) is 4.74 Å². The zero-order chi connectivity index (χ0) is 21.2. The highest BCUT2D eigenvalue weighted by Gasteiger charge is 2.24. The lowest BCUT2D eigenvalue weighted by molar-refractivity contribution is -0.117. The monoisotopic (exact) mass is 417 g/mol. The Kier molecular flexibility index (Phi) is 5.78. The van der Waals surface area contributed by atoms with E-state index in [9.17, 15) is 18.0 Å². The number of anilines is 2. The first-order valence-electron chi connectivity index (χ1n) is 9.11. The van der Waals surface area contributed by atoms with Gasteiger partial charge in [-0.25, -0.2) is 8.42 Å². The molecular weight excluding hydrogens is 394 g/mol. The van der Waals surface area contributed by atoms with E-state index in [1.807, 2.05) is 6.92 Å². The highest BCUT2D eigenvalue weighted by Crippen LogP contribution is 2.29. The maximum Gasteiger partial charge on any atom is 0.261 e. The van der Waals surface area contributed by atoms with E-state index in [0.717, 1.165) is 17.7 Å². The number of hydrogen-bond donors (Lipinski definition) is 2. The van der Waals surface area contributed by atoms with E-state index in [2.05, 4.69) is 10.0 Å². The molecule has 0 aliphatic carbocycles. The van der Waals surface area contributed by atoms with Gasteiger partial charge in [-0.2, -0.15) is 0 Å². The first-order valence-corrected chi connectivity index (χ1v) is 10.6. The Bertz CT molecular complexity index is 1070. The van der Waals surface area contributed by atoms with E-state index in [0.29, 0.717) is 18.7 Å². The van der Waals surface area contributed by atoms with Crippen molar-refractivity contribution in [3.63, 3.8) is 0 Å². The molecule has 0 aromatic heterocycles. The average Bonchev–Trinajstić information content (AvgIpc) is 3.12. The number of ether oxygens (including phenoxy) is 1. The number of amides is 2. The van der Waals surface area contributed by atoms with Crippen LogP contribution in [0.4, 0.5) is 11.4 Å². The van der Waals surface area contributed by atoms with Crippen molar-refractivity contribution < 1.29 is 22.7 Å². The van der Waals surface area contributed by atoms with Crippen molar-refractivity contribution in [3.05, 3.63) is 47.5 Å². The highest BCUT2D eigenvalue weighted by atomic mass is 32.2. The van der Waals surface area contributed by atoms with Gasteiger partial charge in [0.2, 0.25) is 5.91 Å². The highest BCUT2D eigenvalue weighted by molar-refractivity contribution is 7.92. The predicted octanol–water partition coefficient (Wildman–Crippen LogP) is 2.29. The third kappa shape index (κ3) is 4.19. The Balaban J connectivity index is 1.89. The Labute approximate surface area is 169 Å². The Morgan fingerprint density at radius 3 is 2.52 bits per heavy atom. The van der Waals surface area contributed by atoms with Gasteiger partial charge >= 0.3 is 0 Å². The van der Waals surface area contributed by atoms with Crippen LogP contribution in [0.2, 0.25) is 0 Å². The van der Waals surface area contributed by atoms with Crippen LogP contribution in [0, 0.1) is 6.92 Å². The summed E-state index contributed by atoms with van der Waals surface area (Å²) < 4.78 is 33.3. The minimum atomic E-state index is -3.93. The minimum absolute atomic E-state index is 0.0617. The molecule has 29 heavy (non-hydrogen) atoms. The fraction of sp³-hybridized carbons (Fsp3) is 0.300. The van der Waals surface area contributed by atoms with E-state index in [1.165, 1.54) is 32.4 Å². The summed E-state index contributed by atoms with van der Waals surface area (Å²) in [4.78, 5) is 25.6. The lowest BCUT2D eigenvalue weighted by Crippen LogP contribution is -2.24. The summed E-state index contributed by atoms with van der Waals surface area (Å²) in [6.45, 7) is 2.49. The quantitative estimate of drug-likeness (QED) is 0.750. The van der Waals surface area contributed by atoms with Crippen molar-refractivity contribution in [1.82, 2.24) is 5.32 Å². The van der Waals surface area contributed by atoms with E-state index < -0.39 is 15.9 Å². The van der Waals surface area contributed by atoms with Gasteiger partial charge in [0.05, 0.1) is 17.6 Å². The molecule has 2 amide bonds. The second-order valence-corrected chi connectivity index (χ2v) is 8.38. The number of carbonyl (C=O) groups is 2. The number of rotatable bonds is 6. The number of carbonyl (C=O) groups excluding carboxylic acids is 2. The van der Waals surface area contributed by atoms with Gasteiger partial charge in [-0.05, 0) is 55.3 Å². The van der Waals surface area contributed by atoms with Gasteiger partial charge in [0, 0.05) is 31.4 Å². The largest absolute Gasteiger partial charge is 0.496 e. The Morgan fingerprint density at radius 2 is 1.93 bits per heavy atom. The molecule has 1 fully saturated rings. The van der Waals surface area contributed by atoms with Crippen molar-refractivity contribution in [2.75, 3.05) is 30.3 Å². The molecule has 2 aromatic rings. The summed E-state index contributed by atoms with van der Waals surface area (Å²) in [7, 11) is -1.07. The second kappa shape index (κ2) is 8.12. The molecule has 0 spiro atoms. The molecule has 0 radical (unpaired) electrons. The third-order valence-corrected chi connectivity index (χ3v) is 6.15. The van der Waals surface area contributed by atoms with Crippen LogP contribution in [-0.4, -0.2) is 40.9 Å². The standard InChI is InChI=1S/C20H23N3O5S/c1-13-11-14(6-8-17(13)23-10-4-5-19(23)24)22-29(26,27)15-7-9-18(28-3)16(12-15)20(25)21-2/h6-9,11-12,22H,4-5,10H2,1-3H3,(H,21,25). The molecule has 1 aliphatic heterocycles. The van der Waals surface area contributed by atoms with E-state index >= 15 is 0 Å². The first kappa shape index (κ1) is 20.7. The Morgan fingerprint density at radius 1 is 1.17 bits per heavy atom. The van der Waals surface area contributed by atoms with Crippen LogP contribution >= 0.6 is 0 Å². The maximum absolute atomic E-state index is 12.8. The smallest absolute Gasteiger partial charge is 0.261 e. The first-order chi connectivity index (χ1) is 13.8. The molecule has 1 aliphatic rings. The third-order valence-electron chi connectivity index (χ3n) is 4.77. The van der Waals surface area contributed by atoms with Gasteiger partial charge in [-0.15, -0.1) is 0 Å². The minimum Gasteiger partial charge on any atom is -0.496 e. The molecule has 1 saturated heterocycles. The normalized spacial score (nSPS) is 14.0. The van der Waals surface area contributed by atoms with Gasteiger partial charge < -0.3 is 15.0 Å². The lowest BCUT2D eigenvalue weighted by Gasteiger charge is -2.19. The lowest BCUT2D eigenvalue weighted by atomic mass is 10.1. The number of nitrogens with one attached hydrogen (secondary N) is 2. The molecule has 2 N–H and O–H groups in total. The molecular formula is C20H23N3O5S. The number of methoxy groups -OCH3 is 1. The van der Waals surface area contributed by atoms with Crippen LogP contribution in [0.25, 0.3) is 0 Å². The van der Waals surface area contributed by atoms with Crippen LogP contribution < -0.4 is 19.7 Å². The summed E-state index contributed by atoms with van der Waals surface area (Å²) in [5.41, 5.74) is 2.06. The number of sulfonamides is 1. The molecule has 2 aromatic carbocycles. The molecule has 9 heteroatoms. The van der Waals surface area contributed by atoms with Crippen molar-refractivity contribution in [3.8, 4) is 5.75 Å². The SMILES string of the molecule is CNC(=O)c1cc(S(=O)(=O)Nc2ccc(N3CCCC3=O)c(C)c2)ccc1OC. The maximum atomic E-state index is 12.8. The number of benzene rings is 2. The average molecular weight is 417 g/mol. The summed E-state index contributed by atoms with van der Waals surface area (Å²) >= 11 is 0. The van der Waals surface area contributed by atoms with Crippen LogP contribution in [0.5, 0.6) is 5.75 Å². The summed E-state index contributed by atoms with van der Waals surface area (Å²) in [6.07, 6.45) is 1.34. The summed E-state index contributed by atoms with van der Waals surface area (Å²) in [6, 6.07) is 9.12. The topological polar surface area (TPSA) is 105 Å². The van der Waals surface area contributed by atoms with Gasteiger partial charge in [-0.3, -0.25) is 14.3 Å². The second-order valence-electron chi connectivity index (χ2n) is 6.70. The van der Waals surface area contributed by atoms with Crippen molar-refractivity contribution in [1.29, 1.82) is 0 Å². The van der Waals surface area contributed by atoms with Crippen molar-refractivity contribution >= 4 is 33.2 Å². The zero-order valence-corrected chi connectivity index (χ0v) is 17.3. The van der Waals surface area contributed by atoms with Crippen LogP contribution in [0.3, 0.4) is 0 Å². The fourth-order valence-corrected chi connectivity index (χ4v) is 4.38. The van der Waals surface area contributed by atoms with Gasteiger partial charge in [0.25, 0.3) is 15.9 Å². The van der Waals surface area contributed by atoms with Gasteiger partial charge in [0.1, 0.15) is 5.75 Å². The van der Waals surface area contributed by atoms with E-state index in [1.54, 1.807) is 23.1 Å². The number of hydrogen-bond acceptors (Lipinski definition) is 5. The molecule has 1 heterocycles. The number of nitrogens with zero attached hydrogens (tertiary/aromatic N) is 1. The molecule has 3 rings (SSSR count). The van der Waals surface area contributed by atoms with E-state index in [-0.39, 0.29) is 22.1 Å². The fourth-order valence-electron chi connectivity index (χ4n) is 3.31. The summed E-state index contributed by atoms with van der Waals surface area (Å²) in [5, 5.41) is 2.46. The molecule has 0 atom stereocenters. The van der Waals surface area contributed by atoms with Crippen LogP contribution in [0.15, 0.2) is 41.3 Å². The van der Waals surface area contributed by atoms with Crippen LogP contribution in [-0.2, 0) is 14.8 Å². The molecule has 0 unspecified atom stereocenters. The zero-order valence-electron chi connectivity index (χ0n) is 16.5. The Hall–Kier alpha value is -3.07. The number of aryl methyl sites for hydroxylation is 1. The summed E-state index contributed by atoms with van der Waals surface area (Å²) in [5.74, 6) is -0.102. The molecule has 8 nitrogen and oxygen atoms in total. The molecule has 154 valence electrons. The van der Waals surface area contributed by atoms with Crippen molar-refractivity contribution in [2.45, 2.75) is 24.7 Å².